The summed E-state index contributed by atoms with van der Waals surface area (Å²) in [7, 11) is 0. The molecule has 0 bridgehead atoms. The molecular formula is C19H22ClF2N3O. The number of pyridine rings is 2. The highest BCUT2D eigenvalue weighted by Crippen LogP contribution is 2.29. The molecule has 3 heterocycles. The molecule has 1 fully saturated rings. The van der Waals surface area contributed by atoms with Crippen molar-refractivity contribution in [3.63, 3.8) is 0 Å². The van der Waals surface area contributed by atoms with Crippen molar-refractivity contribution in [2.24, 2.45) is 5.92 Å². The summed E-state index contributed by atoms with van der Waals surface area (Å²) in [5.74, 6) is -0.967. The smallest absolute Gasteiger partial charge is 0.149 e. The van der Waals surface area contributed by atoms with Gasteiger partial charge in [0.05, 0.1) is 11.2 Å². The minimum absolute atomic E-state index is 0.00978. The minimum atomic E-state index is -0.669. The molecule has 2 aromatic heterocycles. The fourth-order valence-corrected chi connectivity index (χ4v) is 3.54. The van der Waals surface area contributed by atoms with E-state index in [1.54, 1.807) is 6.20 Å². The van der Waals surface area contributed by atoms with Gasteiger partial charge in [0.25, 0.3) is 0 Å². The topological polar surface area (TPSA) is 49.2 Å². The van der Waals surface area contributed by atoms with Crippen LogP contribution in [0.3, 0.4) is 0 Å². The number of piperidine rings is 1. The lowest BCUT2D eigenvalue weighted by Gasteiger charge is -2.37. The first-order chi connectivity index (χ1) is 12.2. The number of hydrogen-bond donors (Lipinski definition) is 1. The van der Waals surface area contributed by atoms with E-state index in [2.05, 4.69) is 14.9 Å². The molecule has 1 N–H and O–H groups in total. The van der Waals surface area contributed by atoms with Crippen molar-refractivity contribution >= 4 is 11.6 Å². The molecule has 26 heavy (non-hydrogen) atoms. The molecule has 140 valence electrons. The SMILES string of the molecule is CC(C)(O)C1CCN(Cc2cnc(-c3cnc(Cl)cc3F)c(F)c2)CC1. The van der Waals surface area contributed by atoms with Crippen molar-refractivity contribution in [2.75, 3.05) is 13.1 Å². The van der Waals surface area contributed by atoms with Crippen molar-refractivity contribution in [1.82, 2.24) is 14.9 Å². The number of aliphatic hydroxyl groups is 1. The highest BCUT2D eigenvalue weighted by atomic mass is 35.5. The van der Waals surface area contributed by atoms with Gasteiger partial charge in [0.15, 0.2) is 0 Å². The van der Waals surface area contributed by atoms with Gasteiger partial charge in [0, 0.05) is 25.0 Å². The van der Waals surface area contributed by atoms with Gasteiger partial charge in [-0.2, -0.15) is 0 Å². The van der Waals surface area contributed by atoms with Gasteiger partial charge >= 0.3 is 0 Å². The maximum absolute atomic E-state index is 14.4. The molecule has 0 atom stereocenters. The van der Waals surface area contributed by atoms with E-state index in [0.717, 1.165) is 37.6 Å². The van der Waals surface area contributed by atoms with Crippen molar-refractivity contribution in [3.05, 3.63) is 46.9 Å². The first kappa shape index (κ1) is 19.1. The van der Waals surface area contributed by atoms with Crippen LogP contribution in [0.1, 0.15) is 32.3 Å². The predicted octanol–water partition coefficient (Wildman–Crippen LogP) is 4.06. The normalized spacial score (nSPS) is 16.8. The average Bonchev–Trinajstić information content (AvgIpc) is 2.56. The summed E-state index contributed by atoms with van der Waals surface area (Å²) < 4.78 is 28.4. The first-order valence-corrected chi connectivity index (χ1v) is 9.02. The molecular weight excluding hydrogens is 360 g/mol. The molecule has 7 heteroatoms. The molecule has 0 aliphatic carbocycles. The zero-order valence-corrected chi connectivity index (χ0v) is 15.6. The molecule has 0 aromatic carbocycles. The fourth-order valence-electron chi connectivity index (χ4n) is 3.40. The molecule has 1 aliphatic rings. The fraction of sp³-hybridized carbons (Fsp3) is 0.474. The molecule has 0 spiro atoms. The molecule has 0 amide bonds. The Morgan fingerprint density at radius 3 is 2.42 bits per heavy atom. The number of hydrogen-bond acceptors (Lipinski definition) is 4. The lowest BCUT2D eigenvalue weighted by Crippen LogP contribution is -2.41. The van der Waals surface area contributed by atoms with Crippen LogP contribution >= 0.6 is 11.6 Å². The van der Waals surface area contributed by atoms with Gasteiger partial charge in [-0.15, -0.1) is 0 Å². The third-order valence-electron chi connectivity index (χ3n) is 4.97. The second-order valence-electron chi connectivity index (χ2n) is 7.36. The molecule has 1 saturated heterocycles. The molecule has 3 rings (SSSR count). The Morgan fingerprint density at radius 2 is 1.85 bits per heavy atom. The summed E-state index contributed by atoms with van der Waals surface area (Å²) in [6.45, 7) is 5.94. The molecule has 0 unspecified atom stereocenters. The maximum atomic E-state index is 14.4. The predicted molar refractivity (Wildman–Crippen MR) is 96.7 cm³/mol. The monoisotopic (exact) mass is 381 g/mol. The number of nitrogens with zero attached hydrogens (tertiary/aromatic N) is 3. The van der Waals surface area contributed by atoms with E-state index in [4.69, 9.17) is 11.6 Å². The second-order valence-corrected chi connectivity index (χ2v) is 7.75. The van der Waals surface area contributed by atoms with Crippen molar-refractivity contribution in [2.45, 2.75) is 38.8 Å². The highest BCUT2D eigenvalue weighted by molar-refractivity contribution is 6.29. The Labute approximate surface area is 156 Å². The minimum Gasteiger partial charge on any atom is -0.390 e. The summed E-state index contributed by atoms with van der Waals surface area (Å²) in [4.78, 5) is 10.1. The van der Waals surface area contributed by atoms with Crippen LogP contribution in [0.15, 0.2) is 24.5 Å². The van der Waals surface area contributed by atoms with Crippen molar-refractivity contribution < 1.29 is 13.9 Å². The van der Waals surface area contributed by atoms with Crippen molar-refractivity contribution in [1.29, 1.82) is 0 Å². The first-order valence-electron chi connectivity index (χ1n) is 8.64. The van der Waals surface area contributed by atoms with Gasteiger partial charge in [-0.05, 0) is 57.3 Å². The standard InChI is InChI=1S/C19H22ClF2N3O/c1-19(2,26)13-3-5-25(6-4-13)11-12-7-16(22)18(24-9-12)14-10-23-17(20)8-15(14)21/h7-10,13,26H,3-6,11H2,1-2H3. The van der Waals surface area contributed by atoms with E-state index in [-0.39, 0.29) is 22.3 Å². The molecule has 2 aromatic rings. The van der Waals surface area contributed by atoms with Crippen LogP contribution in [-0.4, -0.2) is 38.7 Å². The Morgan fingerprint density at radius 1 is 1.15 bits per heavy atom. The molecule has 0 saturated carbocycles. The van der Waals surface area contributed by atoms with Crippen LogP contribution in [0.4, 0.5) is 8.78 Å². The Bertz CT molecular complexity index is 787. The zero-order chi connectivity index (χ0) is 18.9. The highest BCUT2D eigenvalue weighted by Gasteiger charge is 2.30. The van der Waals surface area contributed by atoms with E-state index in [1.165, 1.54) is 12.3 Å². The maximum Gasteiger partial charge on any atom is 0.149 e. The van der Waals surface area contributed by atoms with E-state index < -0.39 is 17.2 Å². The van der Waals surface area contributed by atoms with E-state index in [9.17, 15) is 13.9 Å². The number of likely N-dealkylation sites (tertiary alicyclic amines) is 1. The quantitative estimate of drug-likeness (QED) is 0.811. The van der Waals surface area contributed by atoms with Crippen LogP contribution in [0.5, 0.6) is 0 Å². The van der Waals surface area contributed by atoms with Gasteiger partial charge in [0.2, 0.25) is 0 Å². The van der Waals surface area contributed by atoms with Gasteiger partial charge in [0.1, 0.15) is 22.5 Å². The largest absolute Gasteiger partial charge is 0.390 e. The molecule has 1 aliphatic heterocycles. The summed E-state index contributed by atoms with van der Waals surface area (Å²) in [5.41, 5.74) is -0.0196. The lowest BCUT2D eigenvalue weighted by molar-refractivity contribution is -0.0136. The van der Waals surface area contributed by atoms with Crippen LogP contribution in [0, 0.1) is 17.6 Å². The Kier molecular flexibility index (Phi) is 5.55. The number of aromatic nitrogens is 2. The van der Waals surface area contributed by atoms with E-state index in [0.29, 0.717) is 6.54 Å². The third kappa shape index (κ3) is 4.37. The summed E-state index contributed by atoms with van der Waals surface area (Å²) in [5, 5.41) is 10.1. The Balaban J connectivity index is 1.69. The van der Waals surface area contributed by atoms with Crippen molar-refractivity contribution in [3.8, 4) is 11.3 Å². The van der Waals surface area contributed by atoms with Gasteiger partial charge < -0.3 is 5.11 Å². The van der Waals surface area contributed by atoms with E-state index >= 15 is 0 Å². The van der Waals surface area contributed by atoms with Crippen LogP contribution < -0.4 is 0 Å². The van der Waals surface area contributed by atoms with Crippen LogP contribution in [0.25, 0.3) is 11.3 Å². The molecule has 4 nitrogen and oxygen atoms in total. The van der Waals surface area contributed by atoms with Gasteiger partial charge in [-0.25, -0.2) is 13.8 Å². The second kappa shape index (κ2) is 7.55. The molecule has 0 radical (unpaired) electrons. The van der Waals surface area contributed by atoms with Crippen LogP contribution in [-0.2, 0) is 6.54 Å². The van der Waals surface area contributed by atoms with E-state index in [1.807, 2.05) is 13.8 Å². The zero-order valence-electron chi connectivity index (χ0n) is 14.8. The summed E-state index contributed by atoms with van der Waals surface area (Å²) in [6.07, 6.45) is 4.55. The van der Waals surface area contributed by atoms with Gasteiger partial charge in [-0.3, -0.25) is 9.88 Å². The number of halogens is 3. The summed E-state index contributed by atoms with van der Waals surface area (Å²) >= 11 is 5.63. The number of rotatable bonds is 4. The Hall–Kier alpha value is -1.63. The van der Waals surface area contributed by atoms with Crippen LogP contribution in [0.2, 0.25) is 5.15 Å². The third-order valence-corrected chi connectivity index (χ3v) is 5.17. The van der Waals surface area contributed by atoms with Gasteiger partial charge in [-0.1, -0.05) is 11.6 Å². The lowest BCUT2D eigenvalue weighted by atomic mass is 9.83. The average molecular weight is 382 g/mol. The summed E-state index contributed by atoms with van der Waals surface area (Å²) in [6, 6.07) is 2.43.